The van der Waals surface area contributed by atoms with E-state index in [9.17, 15) is 0 Å². The van der Waals surface area contributed by atoms with Gasteiger partial charge in [0.1, 0.15) is 0 Å². The van der Waals surface area contributed by atoms with Crippen LogP contribution >= 0.6 is 31.9 Å². The Morgan fingerprint density at radius 3 is 0.746 bits per heavy atom. The molecule has 0 aromatic carbocycles. The van der Waals surface area contributed by atoms with Crippen molar-refractivity contribution in [2.24, 2.45) is 71.0 Å². The molecule has 0 fully saturated rings. The van der Waals surface area contributed by atoms with E-state index in [1.54, 1.807) is 0 Å². The second-order valence-electron chi connectivity index (χ2n) is 21.9. The third-order valence-electron chi connectivity index (χ3n) is 13.3. The van der Waals surface area contributed by atoms with Gasteiger partial charge in [0.15, 0.2) is 12.6 Å². The smallest absolute Gasteiger partial charge is 0.160 e. The molecule has 356 valence electrons. The lowest BCUT2D eigenvalue weighted by atomic mass is 9.81. The van der Waals surface area contributed by atoms with Crippen molar-refractivity contribution in [3.63, 3.8) is 0 Å². The standard InChI is InChI=1S/C54H108Br2O3/c1-15-29-57-53(25-17-21-41(3)31-45(7)35-49(11)39-51(13)37-47(9)33-43(5)23-19-27-55)59-54(58-30-16-2)26-18-22-42(4)32-46(8)36-50(12)40-52(14)38-48(10)34-44(6)24-20-28-56/h41-54H,15-40H2,1-14H3. The summed E-state index contributed by atoms with van der Waals surface area (Å²) < 4.78 is 19.3. The highest BCUT2D eigenvalue weighted by atomic mass is 79.9. The van der Waals surface area contributed by atoms with Gasteiger partial charge in [-0.05, 0) is 199 Å². The third-order valence-corrected chi connectivity index (χ3v) is 14.4. The van der Waals surface area contributed by atoms with E-state index in [2.05, 4.69) is 129 Å². The fourth-order valence-corrected chi connectivity index (χ4v) is 11.9. The van der Waals surface area contributed by atoms with Crippen LogP contribution in [-0.2, 0) is 14.2 Å². The van der Waals surface area contributed by atoms with Crippen LogP contribution in [0.1, 0.15) is 238 Å². The summed E-state index contributed by atoms with van der Waals surface area (Å²) in [7, 11) is 0. The van der Waals surface area contributed by atoms with Gasteiger partial charge in [-0.15, -0.1) is 0 Å². The molecule has 0 aliphatic carbocycles. The Hall–Kier alpha value is 0.840. The predicted molar refractivity (Wildman–Crippen MR) is 271 cm³/mol. The summed E-state index contributed by atoms with van der Waals surface area (Å²) in [6.07, 6.45) is 27.5. The van der Waals surface area contributed by atoms with E-state index < -0.39 is 0 Å². The molecular weight excluding hydrogens is 856 g/mol. The highest BCUT2D eigenvalue weighted by molar-refractivity contribution is 9.09. The number of halogens is 2. The van der Waals surface area contributed by atoms with E-state index in [-0.39, 0.29) is 12.6 Å². The van der Waals surface area contributed by atoms with E-state index in [4.69, 9.17) is 14.2 Å². The monoisotopic (exact) mass is 963 g/mol. The average Bonchev–Trinajstić information content (AvgIpc) is 3.13. The summed E-state index contributed by atoms with van der Waals surface area (Å²) in [6.45, 7) is 35.7. The summed E-state index contributed by atoms with van der Waals surface area (Å²) in [5, 5.41) is 2.29. The van der Waals surface area contributed by atoms with Crippen LogP contribution in [0.25, 0.3) is 0 Å². The topological polar surface area (TPSA) is 27.7 Å². The van der Waals surface area contributed by atoms with Crippen molar-refractivity contribution in [1.29, 1.82) is 0 Å². The van der Waals surface area contributed by atoms with Gasteiger partial charge in [-0.3, -0.25) is 0 Å². The van der Waals surface area contributed by atoms with Gasteiger partial charge >= 0.3 is 0 Å². The van der Waals surface area contributed by atoms with E-state index >= 15 is 0 Å². The maximum atomic E-state index is 6.64. The van der Waals surface area contributed by atoms with Crippen LogP contribution in [0, 0.1) is 71.0 Å². The van der Waals surface area contributed by atoms with Crippen LogP contribution in [0.2, 0.25) is 0 Å². The lowest BCUT2D eigenvalue weighted by Gasteiger charge is -2.27. The summed E-state index contributed by atoms with van der Waals surface area (Å²) >= 11 is 7.20. The van der Waals surface area contributed by atoms with Crippen molar-refractivity contribution in [3.8, 4) is 0 Å². The van der Waals surface area contributed by atoms with Gasteiger partial charge in [0.2, 0.25) is 0 Å². The lowest BCUT2D eigenvalue weighted by Crippen LogP contribution is -2.28. The van der Waals surface area contributed by atoms with Crippen LogP contribution in [0.4, 0.5) is 0 Å². The zero-order chi connectivity index (χ0) is 44.6. The Balaban J connectivity index is 4.71. The molecule has 14 unspecified atom stereocenters. The Labute approximate surface area is 389 Å². The average molecular weight is 965 g/mol. The molecule has 0 aromatic heterocycles. The minimum Gasteiger partial charge on any atom is -0.353 e. The SMILES string of the molecule is CCCOC(CCCC(C)CC(C)CC(C)CC(C)CC(C)CC(C)CCCBr)OC(CCCC(C)CC(C)CC(C)CC(C)CC(C)CC(C)CCCBr)OCCC. The van der Waals surface area contributed by atoms with Gasteiger partial charge in [-0.1, -0.05) is 142 Å². The van der Waals surface area contributed by atoms with Crippen LogP contribution in [-0.4, -0.2) is 36.5 Å². The predicted octanol–water partition coefficient (Wildman–Crippen LogP) is 18.7. The van der Waals surface area contributed by atoms with Gasteiger partial charge in [-0.2, -0.15) is 0 Å². The normalized spacial score (nSPS) is 19.5. The molecule has 0 aromatic rings. The minimum absolute atomic E-state index is 0.162. The van der Waals surface area contributed by atoms with Crippen LogP contribution in [0.5, 0.6) is 0 Å². The van der Waals surface area contributed by atoms with E-state index in [0.717, 1.165) is 133 Å². The Morgan fingerprint density at radius 2 is 0.525 bits per heavy atom. The van der Waals surface area contributed by atoms with Gasteiger partial charge in [0.25, 0.3) is 0 Å². The highest BCUT2D eigenvalue weighted by Gasteiger charge is 2.22. The highest BCUT2D eigenvalue weighted by Crippen LogP contribution is 2.32. The Kier molecular flexibility index (Phi) is 38.7. The molecule has 5 heteroatoms. The molecular formula is C54H108Br2O3. The minimum atomic E-state index is -0.162. The van der Waals surface area contributed by atoms with Crippen LogP contribution < -0.4 is 0 Å². The quantitative estimate of drug-likeness (QED) is 0.0451. The van der Waals surface area contributed by atoms with Crippen molar-refractivity contribution in [2.75, 3.05) is 23.9 Å². The van der Waals surface area contributed by atoms with Gasteiger partial charge in [0.05, 0.1) is 0 Å². The second kappa shape index (κ2) is 38.1. The van der Waals surface area contributed by atoms with Crippen molar-refractivity contribution < 1.29 is 14.2 Å². The van der Waals surface area contributed by atoms with Gasteiger partial charge < -0.3 is 14.2 Å². The first-order valence-corrected chi connectivity index (χ1v) is 28.3. The molecule has 0 spiro atoms. The molecule has 3 nitrogen and oxygen atoms in total. The molecule has 0 heterocycles. The van der Waals surface area contributed by atoms with E-state index in [1.807, 2.05) is 0 Å². The maximum Gasteiger partial charge on any atom is 0.160 e. The number of ether oxygens (including phenoxy) is 3. The third kappa shape index (κ3) is 35.8. The first-order chi connectivity index (χ1) is 28.0. The molecule has 0 aliphatic rings. The van der Waals surface area contributed by atoms with Gasteiger partial charge in [-0.25, -0.2) is 0 Å². The van der Waals surface area contributed by atoms with Crippen LogP contribution in [0.15, 0.2) is 0 Å². The van der Waals surface area contributed by atoms with Crippen LogP contribution in [0.3, 0.4) is 0 Å². The molecule has 59 heavy (non-hydrogen) atoms. The largest absolute Gasteiger partial charge is 0.353 e. The second-order valence-corrected chi connectivity index (χ2v) is 23.5. The summed E-state index contributed by atoms with van der Waals surface area (Å²) in [5.74, 6) is 9.72. The molecule has 0 saturated carbocycles. The maximum absolute atomic E-state index is 6.64. The van der Waals surface area contributed by atoms with Gasteiger partial charge in [0, 0.05) is 23.9 Å². The molecule has 0 bridgehead atoms. The molecule has 0 N–H and O–H groups in total. The zero-order valence-corrected chi connectivity index (χ0v) is 45.6. The first-order valence-electron chi connectivity index (χ1n) is 26.0. The molecule has 14 atom stereocenters. The van der Waals surface area contributed by atoms with Crippen molar-refractivity contribution in [1.82, 2.24) is 0 Å². The fraction of sp³-hybridized carbons (Fsp3) is 1.00. The van der Waals surface area contributed by atoms with E-state index in [0.29, 0.717) is 0 Å². The molecule has 0 rings (SSSR count). The van der Waals surface area contributed by atoms with Crippen molar-refractivity contribution >= 4 is 31.9 Å². The summed E-state index contributed by atoms with van der Waals surface area (Å²) in [4.78, 5) is 0. The summed E-state index contributed by atoms with van der Waals surface area (Å²) in [6, 6.07) is 0. The number of rotatable bonds is 42. The Morgan fingerprint density at radius 1 is 0.305 bits per heavy atom. The molecule has 0 saturated heterocycles. The fourth-order valence-electron chi connectivity index (χ4n) is 11.3. The number of hydrogen-bond acceptors (Lipinski definition) is 3. The molecule has 0 amide bonds. The molecule has 0 radical (unpaired) electrons. The van der Waals surface area contributed by atoms with Crippen molar-refractivity contribution in [3.05, 3.63) is 0 Å². The first kappa shape index (κ1) is 59.8. The number of alkyl halides is 2. The lowest BCUT2D eigenvalue weighted by molar-refractivity contribution is -0.250. The molecule has 0 aliphatic heterocycles. The van der Waals surface area contributed by atoms with Crippen molar-refractivity contribution in [2.45, 2.75) is 251 Å². The summed E-state index contributed by atoms with van der Waals surface area (Å²) in [5.41, 5.74) is 0. The Bertz CT molecular complexity index is 833. The zero-order valence-electron chi connectivity index (χ0n) is 42.4. The van der Waals surface area contributed by atoms with E-state index in [1.165, 1.54) is 103 Å². The number of hydrogen-bond donors (Lipinski definition) is 0.